The second-order valence-corrected chi connectivity index (χ2v) is 3.48. The Bertz CT molecular complexity index is 361. The number of anilines is 1. The van der Waals surface area contributed by atoms with Gasteiger partial charge in [0.15, 0.2) is 0 Å². The third kappa shape index (κ3) is 1.80. The molecule has 1 aromatic carbocycles. The molecule has 0 aliphatic carbocycles. The molecular weight excluding hydrogens is 192 g/mol. The van der Waals surface area contributed by atoms with Crippen molar-refractivity contribution in [2.24, 2.45) is 5.73 Å². The molecule has 0 spiro atoms. The Morgan fingerprint density at radius 1 is 1.47 bits per heavy atom. The molecule has 2 N–H and O–H groups in total. The van der Waals surface area contributed by atoms with Gasteiger partial charge in [-0.2, -0.15) is 0 Å². The Balaban J connectivity index is 2.08. The van der Waals surface area contributed by atoms with E-state index >= 15 is 0 Å². The van der Waals surface area contributed by atoms with Crippen molar-refractivity contribution in [1.29, 1.82) is 0 Å². The van der Waals surface area contributed by atoms with Gasteiger partial charge in [0.2, 0.25) is 5.91 Å². The molecule has 4 heteroatoms. The average Bonchev–Trinajstić information content (AvgIpc) is 2.27. The van der Waals surface area contributed by atoms with Crippen LogP contribution in [0.2, 0.25) is 0 Å². The van der Waals surface area contributed by atoms with E-state index in [1.807, 2.05) is 31.2 Å². The van der Waals surface area contributed by atoms with Crippen molar-refractivity contribution in [3.8, 4) is 5.75 Å². The second kappa shape index (κ2) is 3.90. The highest BCUT2D eigenvalue weighted by Gasteiger charge is 2.34. The lowest BCUT2D eigenvalue weighted by Crippen LogP contribution is -2.61. The van der Waals surface area contributed by atoms with Crippen molar-refractivity contribution < 1.29 is 9.53 Å². The fourth-order valence-electron chi connectivity index (χ4n) is 1.57. The lowest BCUT2D eigenvalue weighted by Gasteiger charge is -2.36. The predicted octanol–water partition coefficient (Wildman–Crippen LogP) is 0.759. The number of benzene rings is 1. The van der Waals surface area contributed by atoms with E-state index in [9.17, 15) is 4.79 Å². The van der Waals surface area contributed by atoms with Crippen LogP contribution in [0.4, 0.5) is 5.69 Å². The molecule has 1 aliphatic rings. The number of hydrogen-bond acceptors (Lipinski definition) is 3. The first-order valence-corrected chi connectivity index (χ1v) is 5.02. The molecule has 4 nitrogen and oxygen atoms in total. The van der Waals surface area contributed by atoms with Gasteiger partial charge < -0.3 is 15.4 Å². The highest BCUT2D eigenvalue weighted by atomic mass is 16.5. The maximum Gasteiger partial charge on any atom is 0.245 e. The molecule has 1 saturated heterocycles. The minimum atomic E-state index is -0.323. The molecule has 80 valence electrons. The molecule has 0 bridgehead atoms. The number of nitrogens with two attached hydrogens (primary N) is 1. The van der Waals surface area contributed by atoms with E-state index in [2.05, 4.69) is 0 Å². The monoisotopic (exact) mass is 206 g/mol. The highest BCUT2D eigenvalue weighted by Crippen LogP contribution is 2.23. The predicted molar refractivity (Wildman–Crippen MR) is 57.9 cm³/mol. The van der Waals surface area contributed by atoms with Gasteiger partial charge in [0.25, 0.3) is 0 Å². The lowest BCUT2D eigenvalue weighted by molar-refractivity contribution is -0.123. The molecule has 1 amide bonds. The Labute approximate surface area is 88.6 Å². The fourth-order valence-corrected chi connectivity index (χ4v) is 1.57. The van der Waals surface area contributed by atoms with Gasteiger partial charge >= 0.3 is 0 Å². The highest BCUT2D eigenvalue weighted by molar-refractivity contribution is 6.03. The number of amides is 1. The Kier molecular flexibility index (Phi) is 2.60. The quantitative estimate of drug-likeness (QED) is 0.743. The number of nitrogens with zero attached hydrogens (tertiary/aromatic N) is 1. The molecule has 1 aromatic rings. The zero-order valence-electron chi connectivity index (χ0n) is 8.64. The van der Waals surface area contributed by atoms with Crippen LogP contribution in [0.3, 0.4) is 0 Å². The number of carbonyl (C=O) groups excluding carboxylic acids is 1. The maximum atomic E-state index is 11.3. The molecule has 1 aliphatic heterocycles. The third-order valence-corrected chi connectivity index (χ3v) is 2.42. The molecule has 1 atom stereocenters. The van der Waals surface area contributed by atoms with Gasteiger partial charge in [-0.15, -0.1) is 0 Å². The van der Waals surface area contributed by atoms with E-state index in [4.69, 9.17) is 10.5 Å². The minimum absolute atomic E-state index is 0.0147. The number of rotatable bonds is 3. The van der Waals surface area contributed by atoms with Gasteiger partial charge in [-0.25, -0.2) is 0 Å². The summed E-state index contributed by atoms with van der Waals surface area (Å²) in [5.74, 6) is 0.803. The topological polar surface area (TPSA) is 55.6 Å². The van der Waals surface area contributed by atoms with Crippen LogP contribution in [-0.2, 0) is 4.79 Å². The molecule has 1 fully saturated rings. The van der Waals surface area contributed by atoms with Gasteiger partial charge in [0.05, 0.1) is 13.2 Å². The summed E-state index contributed by atoms with van der Waals surface area (Å²) in [4.78, 5) is 13.0. The van der Waals surface area contributed by atoms with Crippen LogP contribution < -0.4 is 15.4 Å². The first-order valence-electron chi connectivity index (χ1n) is 5.02. The number of β-lactam (4-membered cyclic amide) rings is 1. The largest absolute Gasteiger partial charge is 0.494 e. The van der Waals surface area contributed by atoms with Crippen LogP contribution >= 0.6 is 0 Å². The normalized spacial score (nSPS) is 20.0. The summed E-state index contributed by atoms with van der Waals surface area (Å²) in [5.41, 5.74) is 6.39. The van der Waals surface area contributed by atoms with E-state index in [0.717, 1.165) is 11.4 Å². The standard InChI is InChI=1S/C11H14N2O2/c1-2-15-9-5-3-8(4-6-9)13-7-10(12)11(13)14/h3-6,10H,2,7,12H2,1H3. The van der Waals surface area contributed by atoms with E-state index < -0.39 is 0 Å². The summed E-state index contributed by atoms with van der Waals surface area (Å²) >= 11 is 0. The van der Waals surface area contributed by atoms with Gasteiger partial charge in [0, 0.05) is 5.69 Å². The Morgan fingerprint density at radius 2 is 2.13 bits per heavy atom. The van der Waals surface area contributed by atoms with Crippen molar-refractivity contribution in [2.75, 3.05) is 18.1 Å². The summed E-state index contributed by atoms with van der Waals surface area (Å²) < 4.78 is 5.31. The minimum Gasteiger partial charge on any atom is -0.494 e. The van der Waals surface area contributed by atoms with Gasteiger partial charge in [-0.05, 0) is 31.2 Å². The van der Waals surface area contributed by atoms with Gasteiger partial charge in [-0.3, -0.25) is 4.79 Å². The van der Waals surface area contributed by atoms with Gasteiger partial charge in [0.1, 0.15) is 11.8 Å². The van der Waals surface area contributed by atoms with Crippen LogP contribution in [0.5, 0.6) is 5.75 Å². The molecule has 0 saturated carbocycles. The Morgan fingerprint density at radius 3 is 2.60 bits per heavy atom. The molecule has 1 heterocycles. The summed E-state index contributed by atoms with van der Waals surface area (Å²) in [6, 6.07) is 7.13. The fraction of sp³-hybridized carbons (Fsp3) is 0.364. The van der Waals surface area contributed by atoms with Crippen molar-refractivity contribution in [1.82, 2.24) is 0 Å². The van der Waals surface area contributed by atoms with Crippen molar-refractivity contribution in [3.05, 3.63) is 24.3 Å². The molecule has 1 unspecified atom stereocenters. The number of carbonyl (C=O) groups is 1. The molecule has 0 aromatic heterocycles. The third-order valence-electron chi connectivity index (χ3n) is 2.42. The molecular formula is C11H14N2O2. The van der Waals surface area contributed by atoms with Crippen LogP contribution in [0, 0.1) is 0 Å². The molecule has 15 heavy (non-hydrogen) atoms. The first-order chi connectivity index (χ1) is 7.22. The van der Waals surface area contributed by atoms with E-state index in [1.165, 1.54) is 0 Å². The first kappa shape index (κ1) is 9.98. The van der Waals surface area contributed by atoms with Crippen molar-refractivity contribution in [2.45, 2.75) is 13.0 Å². The molecule has 2 rings (SSSR count). The molecule has 0 radical (unpaired) electrons. The smallest absolute Gasteiger partial charge is 0.245 e. The van der Waals surface area contributed by atoms with E-state index in [1.54, 1.807) is 4.90 Å². The summed E-state index contributed by atoms with van der Waals surface area (Å²) in [6.07, 6.45) is 0. The average molecular weight is 206 g/mol. The maximum absolute atomic E-state index is 11.3. The number of hydrogen-bond donors (Lipinski definition) is 1. The zero-order valence-corrected chi connectivity index (χ0v) is 8.64. The van der Waals surface area contributed by atoms with Crippen LogP contribution in [0.15, 0.2) is 24.3 Å². The van der Waals surface area contributed by atoms with Crippen LogP contribution in [-0.4, -0.2) is 25.1 Å². The lowest BCUT2D eigenvalue weighted by atomic mass is 10.1. The zero-order chi connectivity index (χ0) is 10.8. The Hall–Kier alpha value is -1.55. The van der Waals surface area contributed by atoms with E-state index in [0.29, 0.717) is 13.2 Å². The van der Waals surface area contributed by atoms with E-state index in [-0.39, 0.29) is 11.9 Å². The second-order valence-electron chi connectivity index (χ2n) is 3.48. The van der Waals surface area contributed by atoms with Gasteiger partial charge in [-0.1, -0.05) is 0 Å². The van der Waals surface area contributed by atoms with Crippen LogP contribution in [0.25, 0.3) is 0 Å². The number of ether oxygens (including phenoxy) is 1. The summed E-state index contributed by atoms with van der Waals surface area (Å²) in [7, 11) is 0. The SMILES string of the molecule is CCOc1ccc(N2CC(N)C2=O)cc1. The van der Waals surface area contributed by atoms with Crippen molar-refractivity contribution >= 4 is 11.6 Å². The summed E-state index contributed by atoms with van der Waals surface area (Å²) in [5, 5.41) is 0. The van der Waals surface area contributed by atoms with Crippen LogP contribution in [0.1, 0.15) is 6.92 Å². The van der Waals surface area contributed by atoms with Crippen molar-refractivity contribution in [3.63, 3.8) is 0 Å². The summed E-state index contributed by atoms with van der Waals surface area (Å²) in [6.45, 7) is 3.19.